The maximum atomic E-state index is 13.1. The molecular formula is C10H7BrFNO. The minimum absolute atomic E-state index is 0.0179. The lowest BCUT2D eigenvalue weighted by Crippen LogP contribution is -2.16. The number of hydrogen-bond donors (Lipinski definition) is 0. The molecule has 2 rings (SSSR count). The smallest absolute Gasteiger partial charge is 0.173 e. The van der Waals surface area contributed by atoms with Gasteiger partial charge in [-0.15, -0.1) is 0 Å². The van der Waals surface area contributed by atoms with Crippen LogP contribution in [0.1, 0.15) is 17.3 Å². The van der Waals surface area contributed by atoms with Crippen LogP contribution in [0.5, 0.6) is 0 Å². The third kappa shape index (κ3) is 1.30. The van der Waals surface area contributed by atoms with E-state index < -0.39 is 5.82 Å². The second-order valence-electron chi connectivity index (χ2n) is 3.19. The fraction of sp³-hybridized carbons (Fsp3) is 0.200. The SMILES string of the molecule is CC1C=Nc2c(ccc(F)c2Br)C1=O. The molecular weight excluding hydrogens is 249 g/mol. The maximum Gasteiger partial charge on any atom is 0.173 e. The van der Waals surface area contributed by atoms with Crippen molar-refractivity contribution in [1.82, 2.24) is 0 Å². The van der Waals surface area contributed by atoms with Crippen molar-refractivity contribution in [3.05, 3.63) is 28.0 Å². The number of carbonyl (C=O) groups is 1. The Balaban J connectivity index is 2.68. The Hall–Kier alpha value is -1.03. The number of fused-ring (bicyclic) bond motifs is 1. The van der Waals surface area contributed by atoms with Crippen molar-refractivity contribution in [2.45, 2.75) is 6.92 Å². The van der Waals surface area contributed by atoms with E-state index in [9.17, 15) is 9.18 Å². The summed E-state index contributed by atoms with van der Waals surface area (Å²) >= 11 is 3.07. The molecule has 4 heteroatoms. The molecule has 1 aliphatic heterocycles. The molecule has 1 aliphatic rings. The summed E-state index contributed by atoms with van der Waals surface area (Å²) in [7, 11) is 0. The number of hydrogen-bond acceptors (Lipinski definition) is 2. The van der Waals surface area contributed by atoms with Crippen LogP contribution >= 0.6 is 15.9 Å². The number of ketones is 1. The molecule has 0 aromatic heterocycles. The normalized spacial score (nSPS) is 19.6. The third-order valence-electron chi connectivity index (χ3n) is 2.18. The van der Waals surface area contributed by atoms with Gasteiger partial charge in [-0.2, -0.15) is 0 Å². The highest BCUT2D eigenvalue weighted by molar-refractivity contribution is 9.10. The first-order valence-corrected chi connectivity index (χ1v) is 4.97. The lowest BCUT2D eigenvalue weighted by molar-refractivity contribution is 0.0962. The Bertz CT molecular complexity index is 442. The topological polar surface area (TPSA) is 29.4 Å². The fourth-order valence-corrected chi connectivity index (χ4v) is 1.81. The molecule has 0 bridgehead atoms. The first-order valence-electron chi connectivity index (χ1n) is 4.17. The van der Waals surface area contributed by atoms with Crippen LogP contribution in [0, 0.1) is 11.7 Å². The van der Waals surface area contributed by atoms with Crippen molar-refractivity contribution in [3.63, 3.8) is 0 Å². The van der Waals surface area contributed by atoms with Gasteiger partial charge in [0.1, 0.15) is 5.82 Å². The van der Waals surface area contributed by atoms with Gasteiger partial charge in [0.05, 0.1) is 16.1 Å². The van der Waals surface area contributed by atoms with Crippen molar-refractivity contribution >= 4 is 33.6 Å². The minimum Gasteiger partial charge on any atom is -0.293 e. The summed E-state index contributed by atoms with van der Waals surface area (Å²) in [4.78, 5) is 15.7. The van der Waals surface area contributed by atoms with E-state index in [1.165, 1.54) is 18.3 Å². The van der Waals surface area contributed by atoms with Gasteiger partial charge in [0, 0.05) is 11.8 Å². The summed E-state index contributed by atoms with van der Waals surface area (Å²) in [5, 5.41) is 0. The van der Waals surface area contributed by atoms with E-state index in [1.54, 1.807) is 6.92 Å². The van der Waals surface area contributed by atoms with E-state index in [0.717, 1.165) is 0 Å². The maximum absolute atomic E-state index is 13.1. The van der Waals surface area contributed by atoms with Crippen LogP contribution in [0.2, 0.25) is 0 Å². The molecule has 0 saturated heterocycles. The zero-order chi connectivity index (χ0) is 10.3. The number of nitrogens with zero attached hydrogens (tertiary/aromatic N) is 1. The van der Waals surface area contributed by atoms with Crippen molar-refractivity contribution in [1.29, 1.82) is 0 Å². The molecule has 14 heavy (non-hydrogen) atoms. The van der Waals surface area contributed by atoms with Gasteiger partial charge in [0.2, 0.25) is 0 Å². The molecule has 0 radical (unpaired) electrons. The highest BCUT2D eigenvalue weighted by Crippen LogP contribution is 2.35. The predicted molar refractivity (Wildman–Crippen MR) is 55.7 cm³/mol. The van der Waals surface area contributed by atoms with Crippen molar-refractivity contribution in [2.75, 3.05) is 0 Å². The fourth-order valence-electron chi connectivity index (χ4n) is 1.36. The molecule has 1 aromatic carbocycles. The zero-order valence-corrected chi connectivity index (χ0v) is 9.01. The van der Waals surface area contributed by atoms with E-state index in [0.29, 0.717) is 11.3 Å². The predicted octanol–water partition coefficient (Wildman–Crippen LogP) is 3.12. The van der Waals surface area contributed by atoms with Crippen LogP contribution < -0.4 is 0 Å². The third-order valence-corrected chi connectivity index (χ3v) is 2.93. The van der Waals surface area contributed by atoms with Gasteiger partial charge < -0.3 is 0 Å². The van der Waals surface area contributed by atoms with E-state index in [-0.39, 0.29) is 16.2 Å². The van der Waals surface area contributed by atoms with E-state index in [2.05, 4.69) is 20.9 Å². The summed E-state index contributed by atoms with van der Waals surface area (Å²) < 4.78 is 13.4. The molecule has 1 atom stereocenters. The molecule has 0 saturated carbocycles. The van der Waals surface area contributed by atoms with E-state index in [1.807, 2.05) is 0 Å². The van der Waals surface area contributed by atoms with Crippen LogP contribution in [0.15, 0.2) is 21.6 Å². The first kappa shape index (κ1) is 9.52. The van der Waals surface area contributed by atoms with Crippen LogP contribution in [0.4, 0.5) is 10.1 Å². The highest BCUT2D eigenvalue weighted by Gasteiger charge is 2.23. The number of rotatable bonds is 0. The molecule has 1 unspecified atom stereocenters. The average Bonchev–Trinajstić information content (AvgIpc) is 2.17. The Morgan fingerprint density at radius 1 is 1.50 bits per heavy atom. The molecule has 0 fully saturated rings. The zero-order valence-electron chi connectivity index (χ0n) is 7.42. The number of benzene rings is 1. The number of carbonyl (C=O) groups excluding carboxylic acids is 1. The summed E-state index contributed by atoms with van der Waals surface area (Å²) in [6.45, 7) is 1.77. The summed E-state index contributed by atoms with van der Waals surface area (Å²) in [6, 6.07) is 2.75. The van der Waals surface area contributed by atoms with E-state index >= 15 is 0 Å². The van der Waals surface area contributed by atoms with Crippen LogP contribution in [-0.4, -0.2) is 12.0 Å². The standard InChI is InChI=1S/C10H7BrFNO/c1-5-4-13-9-6(10(5)14)2-3-7(12)8(9)11/h2-5H,1H3. The molecule has 1 heterocycles. The first-order chi connectivity index (χ1) is 6.61. The molecule has 0 amide bonds. The quantitative estimate of drug-likeness (QED) is 0.701. The molecule has 1 aromatic rings. The summed E-state index contributed by atoms with van der Waals surface area (Å²) in [5.74, 6) is -0.640. The van der Waals surface area contributed by atoms with Crippen molar-refractivity contribution in [2.24, 2.45) is 10.9 Å². The van der Waals surface area contributed by atoms with Crippen LogP contribution in [0.25, 0.3) is 0 Å². The van der Waals surface area contributed by atoms with Crippen LogP contribution in [0.3, 0.4) is 0 Å². The largest absolute Gasteiger partial charge is 0.293 e. The number of aliphatic imine (C=N–C) groups is 1. The van der Waals surface area contributed by atoms with Gasteiger partial charge in [-0.05, 0) is 28.1 Å². The number of Topliss-reactive ketones (excluding diaryl/α,β-unsaturated/α-hetero) is 1. The Labute approximate surface area is 89.0 Å². The second kappa shape index (κ2) is 3.28. The van der Waals surface area contributed by atoms with Gasteiger partial charge in [-0.25, -0.2) is 4.39 Å². The van der Waals surface area contributed by atoms with Gasteiger partial charge in [-0.1, -0.05) is 6.92 Å². The lowest BCUT2D eigenvalue weighted by Gasteiger charge is -2.14. The second-order valence-corrected chi connectivity index (χ2v) is 3.98. The lowest BCUT2D eigenvalue weighted by atomic mass is 9.96. The van der Waals surface area contributed by atoms with Gasteiger partial charge >= 0.3 is 0 Å². The summed E-state index contributed by atoms with van der Waals surface area (Å²) in [6.07, 6.45) is 1.54. The Kier molecular flexibility index (Phi) is 2.23. The van der Waals surface area contributed by atoms with E-state index in [4.69, 9.17) is 0 Å². The highest BCUT2D eigenvalue weighted by atomic mass is 79.9. The van der Waals surface area contributed by atoms with Crippen LogP contribution in [-0.2, 0) is 0 Å². The molecule has 2 nitrogen and oxygen atoms in total. The number of halogens is 2. The van der Waals surface area contributed by atoms with Gasteiger partial charge in [0.25, 0.3) is 0 Å². The average molecular weight is 256 g/mol. The van der Waals surface area contributed by atoms with Crippen molar-refractivity contribution < 1.29 is 9.18 Å². The molecule has 0 spiro atoms. The summed E-state index contributed by atoms with van der Waals surface area (Å²) in [5.41, 5.74) is 0.876. The minimum atomic E-state index is -0.400. The van der Waals surface area contributed by atoms with Gasteiger partial charge in [-0.3, -0.25) is 9.79 Å². The van der Waals surface area contributed by atoms with Gasteiger partial charge in [0.15, 0.2) is 5.78 Å². The van der Waals surface area contributed by atoms with Crippen molar-refractivity contribution in [3.8, 4) is 0 Å². The Morgan fingerprint density at radius 2 is 2.21 bits per heavy atom. The molecule has 0 N–H and O–H groups in total. The monoisotopic (exact) mass is 255 g/mol. The molecule has 0 aliphatic carbocycles. The molecule has 72 valence electrons. The Morgan fingerprint density at radius 3 is 2.93 bits per heavy atom.